The quantitative estimate of drug-likeness (QED) is 0.848. The first-order valence-electron chi connectivity index (χ1n) is 7.71. The van der Waals surface area contributed by atoms with E-state index in [1.54, 1.807) is 7.11 Å². The highest BCUT2D eigenvalue weighted by Crippen LogP contribution is 2.37. The summed E-state index contributed by atoms with van der Waals surface area (Å²) < 4.78 is 20.9. The largest absolute Gasteiger partial charge is 0.493 e. The molecule has 6 nitrogen and oxygen atoms in total. The number of ether oxygens (including phenoxy) is 2. The van der Waals surface area contributed by atoms with Crippen LogP contribution in [0, 0.1) is 0 Å². The summed E-state index contributed by atoms with van der Waals surface area (Å²) >= 11 is 1.35. The van der Waals surface area contributed by atoms with Gasteiger partial charge in [-0.25, -0.2) is 4.98 Å². The van der Waals surface area contributed by atoms with Gasteiger partial charge in [-0.05, 0) is 48.9 Å². The van der Waals surface area contributed by atoms with Gasteiger partial charge in [0.05, 0.1) is 13.2 Å². The van der Waals surface area contributed by atoms with E-state index in [0.29, 0.717) is 19.0 Å². The van der Waals surface area contributed by atoms with Crippen LogP contribution in [0.3, 0.4) is 0 Å². The van der Waals surface area contributed by atoms with E-state index in [4.69, 9.17) is 14.1 Å². The number of nitrogens with zero attached hydrogens (tertiary/aromatic N) is 2. The molecule has 1 saturated heterocycles. The lowest BCUT2D eigenvalue weighted by atomic mass is 9.82. The first-order valence-corrected chi connectivity index (χ1v) is 8.48. The number of hydrogen-bond donors (Lipinski definition) is 1. The van der Waals surface area contributed by atoms with Crippen molar-refractivity contribution in [1.29, 1.82) is 0 Å². The molecule has 8 heteroatoms. The van der Waals surface area contributed by atoms with Crippen LogP contribution in [0.15, 0.2) is 18.2 Å². The topological polar surface area (TPSA) is 73.7 Å². The number of hydrogen-bond acceptors (Lipinski definition) is 7. The van der Waals surface area contributed by atoms with Crippen molar-refractivity contribution in [2.24, 2.45) is 0 Å². The van der Waals surface area contributed by atoms with E-state index in [0.717, 1.165) is 40.7 Å². The zero-order chi connectivity index (χ0) is 15.8. The zero-order valence-corrected chi connectivity index (χ0v) is 13.6. The highest BCUT2D eigenvalue weighted by atomic mass is 32.1. The summed E-state index contributed by atoms with van der Waals surface area (Å²) in [6.45, 7) is 0.468. The molecule has 2 aromatic rings. The van der Waals surface area contributed by atoms with Gasteiger partial charge in [0, 0.05) is 18.1 Å². The molecule has 1 aromatic heterocycles. The molecule has 4 rings (SSSR count). The Balaban J connectivity index is 1.58. The number of aromatic nitrogens is 2. The fourth-order valence-corrected chi connectivity index (χ4v) is 3.31. The van der Waals surface area contributed by atoms with Crippen LogP contribution < -0.4 is 9.47 Å². The Labute approximate surface area is 138 Å². The van der Waals surface area contributed by atoms with Gasteiger partial charge >= 0.3 is 7.12 Å². The van der Waals surface area contributed by atoms with Crippen LogP contribution in [0.4, 0.5) is 0 Å². The Bertz CT molecular complexity index is 707. The van der Waals surface area contributed by atoms with Gasteiger partial charge in [-0.2, -0.15) is 4.37 Å². The lowest BCUT2D eigenvalue weighted by Crippen LogP contribution is -2.07. The third-order valence-corrected chi connectivity index (χ3v) is 4.79. The lowest BCUT2D eigenvalue weighted by Gasteiger charge is -2.10. The maximum atomic E-state index is 9.46. The Hall–Kier alpha value is -1.64. The highest BCUT2D eigenvalue weighted by molar-refractivity contribution is 7.09. The molecule has 1 N–H and O–H groups in total. The summed E-state index contributed by atoms with van der Waals surface area (Å²) in [6.07, 6.45) is 3.05. The molecule has 1 aliphatic carbocycles. The van der Waals surface area contributed by atoms with E-state index in [-0.39, 0.29) is 5.92 Å². The summed E-state index contributed by atoms with van der Waals surface area (Å²) in [5, 5.41) is 10.3. The first-order chi connectivity index (χ1) is 11.2. The molecule has 0 bridgehead atoms. The van der Waals surface area contributed by atoms with Gasteiger partial charge in [-0.15, -0.1) is 0 Å². The van der Waals surface area contributed by atoms with E-state index in [9.17, 15) is 5.02 Å². The van der Waals surface area contributed by atoms with E-state index in [1.165, 1.54) is 11.5 Å². The number of benzene rings is 1. The molecule has 1 unspecified atom stereocenters. The third-order valence-electron chi connectivity index (χ3n) is 4.01. The van der Waals surface area contributed by atoms with E-state index >= 15 is 0 Å². The van der Waals surface area contributed by atoms with Crippen LogP contribution in [0.2, 0.25) is 6.32 Å². The van der Waals surface area contributed by atoms with Crippen molar-refractivity contribution >= 4 is 18.7 Å². The van der Waals surface area contributed by atoms with Gasteiger partial charge in [0.2, 0.25) is 0 Å². The zero-order valence-electron chi connectivity index (χ0n) is 12.8. The summed E-state index contributed by atoms with van der Waals surface area (Å²) in [5.41, 5.74) is 0.963. The average Bonchev–Trinajstić information content (AvgIpc) is 3.07. The van der Waals surface area contributed by atoms with E-state index < -0.39 is 7.12 Å². The van der Waals surface area contributed by atoms with Crippen molar-refractivity contribution in [3.63, 3.8) is 0 Å². The molecule has 1 aliphatic heterocycles. The molecular weight excluding hydrogens is 315 g/mol. The molecule has 0 radical (unpaired) electrons. The molecule has 1 aromatic carbocycles. The molecule has 1 saturated carbocycles. The second kappa shape index (κ2) is 6.11. The highest BCUT2D eigenvalue weighted by Gasteiger charge is 2.32. The lowest BCUT2D eigenvalue weighted by molar-refractivity contribution is 0.282. The molecule has 1 atom stereocenters. The van der Waals surface area contributed by atoms with Crippen molar-refractivity contribution in [3.8, 4) is 22.1 Å². The van der Waals surface area contributed by atoms with Crippen LogP contribution in [0.5, 0.6) is 11.5 Å². The molecule has 0 spiro atoms. The Morgan fingerprint density at radius 2 is 2.22 bits per heavy atom. The van der Waals surface area contributed by atoms with Crippen LogP contribution in [0.1, 0.15) is 24.6 Å². The van der Waals surface area contributed by atoms with Crippen LogP contribution in [-0.2, 0) is 4.65 Å². The monoisotopic (exact) mass is 332 g/mol. The Morgan fingerprint density at radius 1 is 1.35 bits per heavy atom. The van der Waals surface area contributed by atoms with Gasteiger partial charge in [0.25, 0.3) is 0 Å². The molecular formula is C15H17BN2O4S. The van der Waals surface area contributed by atoms with E-state index in [2.05, 4.69) is 9.36 Å². The second-order valence-electron chi connectivity index (χ2n) is 5.86. The molecule has 2 fully saturated rings. The second-order valence-corrected chi connectivity index (χ2v) is 6.61. The molecule has 120 valence electrons. The first kappa shape index (κ1) is 14.9. The standard InChI is InChI=1S/C15H17BN2O4S/c1-20-12-5-2-9(6-13(12)22-11-3-4-11)15-17-14(18-23-15)10-7-16(19)21-8-10/h2,5-6,10-11,19H,3-4,7-8H2,1H3. The predicted octanol–water partition coefficient (Wildman–Crippen LogP) is 2.35. The summed E-state index contributed by atoms with van der Waals surface area (Å²) in [7, 11) is 0.940. The van der Waals surface area contributed by atoms with Crippen molar-refractivity contribution in [2.75, 3.05) is 13.7 Å². The van der Waals surface area contributed by atoms with E-state index in [1.807, 2.05) is 18.2 Å². The maximum Gasteiger partial charge on any atom is 0.454 e. The molecule has 2 heterocycles. The van der Waals surface area contributed by atoms with Crippen LogP contribution in [-0.4, -0.2) is 41.3 Å². The van der Waals surface area contributed by atoms with Crippen molar-refractivity contribution in [3.05, 3.63) is 24.0 Å². The van der Waals surface area contributed by atoms with Crippen molar-refractivity contribution in [2.45, 2.75) is 31.2 Å². The van der Waals surface area contributed by atoms with Gasteiger partial charge in [0.1, 0.15) is 10.8 Å². The fourth-order valence-electron chi connectivity index (χ4n) is 2.57. The molecule has 23 heavy (non-hydrogen) atoms. The number of rotatable bonds is 5. The van der Waals surface area contributed by atoms with Crippen LogP contribution in [0.25, 0.3) is 10.6 Å². The Kier molecular flexibility index (Phi) is 3.96. The normalized spacial score (nSPS) is 20.8. The van der Waals surface area contributed by atoms with Crippen molar-refractivity contribution in [1.82, 2.24) is 9.36 Å². The smallest absolute Gasteiger partial charge is 0.454 e. The van der Waals surface area contributed by atoms with Gasteiger partial charge in [-0.1, -0.05) is 0 Å². The number of methoxy groups -OCH3 is 1. The SMILES string of the molecule is COc1ccc(-c2nc(C3COB(O)C3)ns2)cc1OC1CC1. The molecule has 2 aliphatic rings. The maximum absolute atomic E-state index is 9.46. The third kappa shape index (κ3) is 3.20. The summed E-state index contributed by atoms with van der Waals surface area (Å²) in [4.78, 5) is 4.61. The fraction of sp³-hybridized carbons (Fsp3) is 0.467. The minimum atomic E-state index is -0.702. The predicted molar refractivity (Wildman–Crippen MR) is 87.0 cm³/mol. The van der Waals surface area contributed by atoms with Gasteiger partial charge < -0.3 is 19.2 Å². The van der Waals surface area contributed by atoms with Crippen molar-refractivity contribution < 1.29 is 19.2 Å². The Morgan fingerprint density at radius 3 is 2.91 bits per heavy atom. The minimum Gasteiger partial charge on any atom is -0.493 e. The van der Waals surface area contributed by atoms with Gasteiger partial charge in [-0.3, -0.25) is 0 Å². The minimum absolute atomic E-state index is 0.0652. The van der Waals surface area contributed by atoms with Gasteiger partial charge in [0.15, 0.2) is 11.5 Å². The average molecular weight is 332 g/mol. The summed E-state index contributed by atoms with van der Waals surface area (Å²) in [6, 6.07) is 5.82. The van der Waals surface area contributed by atoms with Crippen LogP contribution >= 0.6 is 11.5 Å². The summed E-state index contributed by atoms with van der Waals surface area (Å²) in [5.74, 6) is 2.29. The molecule has 0 amide bonds.